The van der Waals surface area contributed by atoms with Crippen molar-refractivity contribution < 1.29 is 58.2 Å². The number of aliphatic hydroxyl groups excluding tert-OH is 1. The van der Waals surface area contributed by atoms with Crippen LogP contribution in [0.25, 0.3) is 0 Å². The largest absolute Gasteiger partial charge is 0.480 e. The number of rotatable bonds is 43. The predicted octanol–water partition coefficient (Wildman–Crippen LogP) is 0.0273. The zero-order valence-electron chi connectivity index (χ0n) is 50.8. The van der Waals surface area contributed by atoms with Crippen molar-refractivity contribution in [3.05, 3.63) is 0 Å². The zero-order chi connectivity index (χ0) is 62.1. The quantitative estimate of drug-likeness (QED) is 0.0358. The summed E-state index contributed by atoms with van der Waals surface area (Å²) in [5.74, 6) is -9.71. The molecule has 0 aromatic rings. The Hall–Kier alpha value is -5.50. The second-order valence-electron chi connectivity index (χ2n) is 22.9. The summed E-state index contributed by atoms with van der Waals surface area (Å²) >= 11 is 0. The summed E-state index contributed by atoms with van der Waals surface area (Å²) < 4.78 is 0. The summed E-state index contributed by atoms with van der Waals surface area (Å²) in [6, 6.07) is -12.1. The summed E-state index contributed by atoms with van der Waals surface area (Å²) in [6.07, 6.45) is 4.80. The van der Waals surface area contributed by atoms with E-state index in [-0.39, 0.29) is 62.9 Å². The van der Waals surface area contributed by atoms with Gasteiger partial charge in [0.25, 0.3) is 0 Å². The molecule has 9 amide bonds. The molecule has 13 atom stereocenters. The Morgan fingerprint density at radius 1 is 0.370 bits per heavy atom. The van der Waals surface area contributed by atoms with Gasteiger partial charge in [-0.05, 0) is 126 Å². The topological polar surface area (TPSA) is 424 Å². The molecule has 0 saturated heterocycles. The smallest absolute Gasteiger partial charge is 0.326 e. The first-order valence-electron chi connectivity index (χ1n) is 29.5. The molecule has 25 nitrogen and oxygen atoms in total. The van der Waals surface area contributed by atoms with E-state index in [0.29, 0.717) is 64.3 Å². The van der Waals surface area contributed by atoms with Crippen LogP contribution in [0.2, 0.25) is 0 Å². The van der Waals surface area contributed by atoms with E-state index in [1.54, 1.807) is 48.5 Å². The number of aliphatic hydroxyl groups is 1. The van der Waals surface area contributed by atoms with E-state index in [1.165, 1.54) is 0 Å². The molecular formula is C56H107N13O12. The highest BCUT2D eigenvalue weighted by Crippen LogP contribution is 2.16. The number of nitrogens with two attached hydrogens (primary N) is 4. The first-order chi connectivity index (χ1) is 38.1. The van der Waals surface area contributed by atoms with Gasteiger partial charge in [0, 0.05) is 0 Å². The molecule has 0 aliphatic heterocycles. The van der Waals surface area contributed by atoms with Gasteiger partial charge in [0.2, 0.25) is 53.2 Å². The molecule has 0 aliphatic rings. The van der Waals surface area contributed by atoms with Crippen molar-refractivity contribution in [2.45, 2.75) is 233 Å². The number of nitrogens with one attached hydrogen (secondary N) is 9. The highest BCUT2D eigenvalue weighted by molar-refractivity contribution is 5.98. The van der Waals surface area contributed by atoms with Crippen LogP contribution in [0.3, 0.4) is 0 Å². The average Bonchev–Trinajstić information content (AvgIpc) is 3.41. The number of amides is 9. The molecule has 468 valence electrons. The van der Waals surface area contributed by atoms with Gasteiger partial charge < -0.3 is 81.0 Å². The Morgan fingerprint density at radius 3 is 1.02 bits per heavy atom. The fourth-order valence-corrected chi connectivity index (χ4v) is 8.68. The normalized spacial score (nSPS) is 16.3. The van der Waals surface area contributed by atoms with Crippen molar-refractivity contribution in [2.24, 2.45) is 58.4 Å². The molecule has 0 spiro atoms. The Labute approximate surface area is 481 Å². The fraction of sp³-hybridized carbons (Fsp3) is 0.821. The molecule has 19 N–H and O–H groups in total. The predicted molar refractivity (Wildman–Crippen MR) is 311 cm³/mol. The molecule has 0 aromatic heterocycles. The highest BCUT2D eigenvalue weighted by Gasteiger charge is 2.38. The van der Waals surface area contributed by atoms with Crippen molar-refractivity contribution in [2.75, 3.05) is 26.2 Å². The van der Waals surface area contributed by atoms with Gasteiger partial charge >= 0.3 is 5.97 Å². The van der Waals surface area contributed by atoms with Gasteiger partial charge in [-0.2, -0.15) is 0 Å². The molecule has 25 heteroatoms. The van der Waals surface area contributed by atoms with Gasteiger partial charge in [0.15, 0.2) is 0 Å². The second-order valence-corrected chi connectivity index (χ2v) is 22.9. The third-order valence-electron chi connectivity index (χ3n) is 14.6. The Balaban J connectivity index is 6.83. The van der Waals surface area contributed by atoms with Crippen LogP contribution in [0, 0.1) is 35.5 Å². The lowest BCUT2D eigenvalue weighted by atomic mass is 9.95. The van der Waals surface area contributed by atoms with E-state index in [4.69, 9.17) is 22.9 Å². The first-order valence-corrected chi connectivity index (χ1v) is 29.5. The summed E-state index contributed by atoms with van der Waals surface area (Å²) in [5, 5.41) is 44.0. The van der Waals surface area contributed by atoms with Crippen molar-refractivity contribution in [1.82, 2.24) is 47.9 Å². The second kappa shape index (κ2) is 40.7. The molecule has 0 saturated carbocycles. The number of hydrogen-bond acceptors (Lipinski definition) is 15. The molecule has 0 unspecified atom stereocenters. The van der Waals surface area contributed by atoms with E-state index in [0.717, 1.165) is 0 Å². The van der Waals surface area contributed by atoms with Crippen molar-refractivity contribution in [3.8, 4) is 0 Å². The summed E-state index contributed by atoms with van der Waals surface area (Å²) in [6.45, 7) is 21.5. The maximum atomic E-state index is 14.5. The van der Waals surface area contributed by atoms with E-state index < -0.39 is 144 Å². The van der Waals surface area contributed by atoms with Crippen molar-refractivity contribution >= 4 is 59.1 Å². The molecule has 0 fully saturated rings. The van der Waals surface area contributed by atoms with E-state index >= 15 is 0 Å². The van der Waals surface area contributed by atoms with E-state index in [1.807, 2.05) is 34.6 Å². The molecule has 0 aromatic carbocycles. The van der Waals surface area contributed by atoms with Crippen LogP contribution in [0.5, 0.6) is 0 Å². The number of unbranched alkanes of at least 4 members (excludes halogenated alkanes) is 3. The molecule has 0 rings (SSSR count). The van der Waals surface area contributed by atoms with Crippen molar-refractivity contribution in [1.29, 1.82) is 0 Å². The number of carboxylic acid groups (broad SMARTS) is 1. The van der Waals surface area contributed by atoms with Crippen LogP contribution in [0.15, 0.2) is 0 Å². The third kappa shape index (κ3) is 28.4. The van der Waals surface area contributed by atoms with Gasteiger partial charge in [-0.25, -0.2) is 4.79 Å². The van der Waals surface area contributed by atoms with Gasteiger partial charge in [-0.15, -0.1) is 0 Å². The van der Waals surface area contributed by atoms with E-state index in [9.17, 15) is 58.2 Å². The van der Waals surface area contributed by atoms with Crippen LogP contribution in [-0.4, -0.2) is 156 Å². The Bertz CT molecular complexity index is 1960. The number of carbonyl (C=O) groups is 10. The van der Waals surface area contributed by atoms with Crippen LogP contribution in [0.1, 0.15) is 173 Å². The number of carboxylic acids is 1. The minimum Gasteiger partial charge on any atom is -0.480 e. The van der Waals surface area contributed by atoms with Crippen LogP contribution < -0.4 is 70.8 Å². The lowest BCUT2D eigenvalue weighted by molar-refractivity contribution is -0.143. The molecule has 0 bridgehead atoms. The minimum absolute atomic E-state index is 0.0655. The molecule has 0 radical (unpaired) electrons. The maximum absolute atomic E-state index is 14.5. The fourth-order valence-electron chi connectivity index (χ4n) is 8.68. The SMILES string of the molecule is CC[C@H](C)[C@H](N)C(=O)N[C@@H](CCCCN)C(=O)N[C@H](C(=O)N[C@@H](CC(C)C)C(=O)N[C@H](C(=O)N[C@@H](CCCCN)C(=O)N[C@@H](CCCCN)C(=O)N[C@H](C(=O)N[C@@H](CO)C(=O)N[C@@H](CC(C)C)C(=O)O)[C@@H](C)CC)[C@@H](C)CC)C(C)C. The molecule has 81 heavy (non-hydrogen) atoms. The Kier molecular flexibility index (Phi) is 37.9. The number of hydrogen-bond donors (Lipinski definition) is 15. The van der Waals surface area contributed by atoms with Gasteiger partial charge in [0.1, 0.15) is 54.4 Å². The standard InChI is InChI=1S/C56H107N13O12/c1-13-34(10)43(60)52(76)62-39(24-18-21-27-59)48(72)67-44(33(8)9)53(77)64-40(28-31(4)5)50(74)69-45(35(11)14-2)54(78)63-37(22-16-19-25-57)47(71)61-38(23-17-20-26-58)49(73)68-46(36(12)15-3)55(79)66-42(30-70)51(75)65-41(56(80)81)29-32(6)7/h31-46,70H,13-30,57-60H2,1-12H3,(H,61,71)(H,62,76)(H,63,78)(H,64,77)(H,65,75)(H,66,79)(H,67,72)(H,68,73)(H,69,74)(H,80,81)/t34-,35-,36-,37-,38-,39-,40-,41-,42-,43-,44-,45-,46-/m0/s1. The van der Waals surface area contributed by atoms with Gasteiger partial charge in [-0.1, -0.05) is 102 Å². The molecule has 0 aliphatic carbocycles. The zero-order valence-corrected chi connectivity index (χ0v) is 50.8. The summed E-state index contributed by atoms with van der Waals surface area (Å²) in [5.41, 5.74) is 23.5. The van der Waals surface area contributed by atoms with Gasteiger partial charge in [-0.3, -0.25) is 43.2 Å². The van der Waals surface area contributed by atoms with Crippen molar-refractivity contribution in [3.63, 3.8) is 0 Å². The lowest BCUT2D eigenvalue weighted by Crippen LogP contribution is -2.62. The third-order valence-corrected chi connectivity index (χ3v) is 14.6. The Morgan fingerprint density at radius 2 is 0.667 bits per heavy atom. The maximum Gasteiger partial charge on any atom is 0.326 e. The lowest BCUT2D eigenvalue weighted by Gasteiger charge is -2.31. The highest BCUT2D eigenvalue weighted by atomic mass is 16.4. The number of aliphatic carboxylic acids is 1. The van der Waals surface area contributed by atoms with Crippen LogP contribution in [-0.2, 0) is 47.9 Å². The first kappa shape index (κ1) is 75.5. The van der Waals surface area contributed by atoms with Gasteiger partial charge in [0.05, 0.1) is 12.6 Å². The van der Waals surface area contributed by atoms with Crippen LogP contribution in [0.4, 0.5) is 0 Å². The molecular weight excluding hydrogens is 1050 g/mol. The number of carbonyl (C=O) groups excluding carboxylic acids is 9. The van der Waals surface area contributed by atoms with E-state index in [2.05, 4.69) is 47.9 Å². The average molecular weight is 1150 g/mol. The van der Waals surface area contributed by atoms with Crippen LogP contribution >= 0.6 is 0 Å². The summed E-state index contributed by atoms with van der Waals surface area (Å²) in [4.78, 5) is 138. The minimum atomic E-state index is -1.56. The monoisotopic (exact) mass is 1150 g/mol. The summed E-state index contributed by atoms with van der Waals surface area (Å²) in [7, 11) is 0. The molecule has 0 heterocycles.